The number of fused-ring (bicyclic) bond motifs is 1. The zero-order valence-corrected chi connectivity index (χ0v) is 27.8. The van der Waals surface area contributed by atoms with Crippen LogP contribution in [0.1, 0.15) is 57.1 Å². The first-order chi connectivity index (χ1) is 22.9. The van der Waals surface area contributed by atoms with Gasteiger partial charge in [-0.1, -0.05) is 57.0 Å². The highest BCUT2D eigenvalue weighted by Crippen LogP contribution is 2.39. The summed E-state index contributed by atoms with van der Waals surface area (Å²) in [6.07, 6.45) is 9.69. The van der Waals surface area contributed by atoms with Crippen molar-refractivity contribution >= 4 is 34.5 Å². The number of aliphatic carboxylic acids is 1. The summed E-state index contributed by atoms with van der Waals surface area (Å²) in [6.45, 7) is 8.50. The van der Waals surface area contributed by atoms with E-state index in [4.69, 9.17) is 18.9 Å². The van der Waals surface area contributed by atoms with Gasteiger partial charge in [-0.25, -0.2) is 14.8 Å². The summed E-state index contributed by atoms with van der Waals surface area (Å²) in [6, 6.07) is 17.0. The van der Waals surface area contributed by atoms with Gasteiger partial charge in [0.05, 0.1) is 32.0 Å². The average molecular weight is 643 g/mol. The highest BCUT2D eigenvalue weighted by Gasteiger charge is 2.16. The molecule has 3 aromatic carbocycles. The van der Waals surface area contributed by atoms with Gasteiger partial charge >= 0.3 is 5.97 Å². The summed E-state index contributed by atoms with van der Waals surface area (Å²) in [4.78, 5) is 23.0. The fourth-order valence-electron chi connectivity index (χ4n) is 5.12. The molecule has 0 saturated carbocycles. The van der Waals surface area contributed by atoms with E-state index in [9.17, 15) is 9.90 Å². The van der Waals surface area contributed by atoms with Crippen molar-refractivity contribution in [2.24, 2.45) is 0 Å². The van der Waals surface area contributed by atoms with Crippen LogP contribution in [0, 0.1) is 0 Å². The standard InChI is InChI=1S/C37H46N4O6/c1-5-7-17-41(18-8-6-2)19-12-20-46-34-22-29-31(24-33(34)45-4)38-26-39-37(29)40-30-23-35(47-25-27-13-10-9-11-14-27)32(44-3)21-28(30)15-16-36(42)43/h9-11,13-16,21-24,26H,5-8,12,17-20,25H2,1-4H3,(H,42,43)(H,38,39,40)/b16-15+. The molecule has 0 spiro atoms. The van der Waals surface area contributed by atoms with Crippen LogP contribution < -0.4 is 24.3 Å². The topological polar surface area (TPSA) is 115 Å². The normalized spacial score (nSPS) is 11.3. The molecule has 10 nitrogen and oxygen atoms in total. The minimum atomic E-state index is -1.07. The van der Waals surface area contributed by atoms with Crippen molar-refractivity contribution in [3.63, 3.8) is 0 Å². The van der Waals surface area contributed by atoms with E-state index >= 15 is 0 Å². The molecular weight excluding hydrogens is 596 g/mol. The Morgan fingerprint density at radius 1 is 0.851 bits per heavy atom. The first kappa shape index (κ1) is 35.0. The van der Waals surface area contributed by atoms with Crippen molar-refractivity contribution < 1.29 is 28.8 Å². The third-order valence-corrected chi connectivity index (χ3v) is 7.68. The van der Waals surface area contributed by atoms with E-state index in [-0.39, 0.29) is 0 Å². The van der Waals surface area contributed by atoms with Gasteiger partial charge in [-0.3, -0.25) is 0 Å². The molecule has 0 radical (unpaired) electrons. The van der Waals surface area contributed by atoms with E-state index in [1.165, 1.54) is 38.1 Å². The molecule has 47 heavy (non-hydrogen) atoms. The number of rotatable bonds is 20. The van der Waals surface area contributed by atoms with E-state index in [1.54, 1.807) is 26.4 Å². The Labute approximate surface area is 277 Å². The van der Waals surface area contributed by atoms with Crippen molar-refractivity contribution in [3.8, 4) is 23.0 Å². The summed E-state index contributed by atoms with van der Waals surface area (Å²) < 4.78 is 23.7. The van der Waals surface area contributed by atoms with Gasteiger partial charge < -0.3 is 34.3 Å². The second-order valence-electron chi connectivity index (χ2n) is 11.2. The van der Waals surface area contributed by atoms with E-state index in [2.05, 4.69) is 34.0 Å². The van der Waals surface area contributed by atoms with Crippen LogP contribution in [0.5, 0.6) is 23.0 Å². The fraction of sp³-hybridized carbons (Fsp3) is 0.378. The van der Waals surface area contributed by atoms with Crippen molar-refractivity contribution in [1.29, 1.82) is 0 Å². The van der Waals surface area contributed by atoms with Gasteiger partial charge in [-0.15, -0.1) is 0 Å². The number of methoxy groups -OCH3 is 2. The van der Waals surface area contributed by atoms with Gasteiger partial charge in [-0.2, -0.15) is 0 Å². The molecule has 0 aliphatic heterocycles. The van der Waals surface area contributed by atoms with Crippen LogP contribution in [-0.2, 0) is 11.4 Å². The molecule has 0 aliphatic carbocycles. The van der Waals surface area contributed by atoms with Gasteiger partial charge in [0.25, 0.3) is 0 Å². The van der Waals surface area contributed by atoms with Crippen molar-refractivity contribution in [1.82, 2.24) is 14.9 Å². The Morgan fingerprint density at radius 3 is 2.21 bits per heavy atom. The quantitative estimate of drug-likeness (QED) is 0.0733. The summed E-state index contributed by atoms with van der Waals surface area (Å²) in [7, 11) is 3.16. The zero-order valence-electron chi connectivity index (χ0n) is 27.8. The SMILES string of the molecule is CCCCN(CCCC)CCCOc1cc2c(Nc3cc(OCc4ccccc4)c(OC)cc3/C=C/C(=O)O)ncnc2cc1OC. The number of benzene rings is 3. The Balaban J connectivity index is 1.61. The lowest BCUT2D eigenvalue weighted by Gasteiger charge is -2.22. The summed E-state index contributed by atoms with van der Waals surface area (Å²) in [5, 5.41) is 13.4. The molecule has 0 saturated heterocycles. The van der Waals surface area contributed by atoms with Gasteiger partial charge in [-0.05, 0) is 56.1 Å². The average Bonchev–Trinajstić information content (AvgIpc) is 3.09. The Hall–Kier alpha value is -4.83. The number of carboxylic acid groups (broad SMARTS) is 1. The molecule has 0 aliphatic rings. The van der Waals surface area contributed by atoms with E-state index < -0.39 is 5.97 Å². The van der Waals surface area contributed by atoms with Crippen LogP contribution in [0.4, 0.5) is 11.5 Å². The van der Waals surface area contributed by atoms with Crippen molar-refractivity contribution in [2.45, 2.75) is 52.6 Å². The van der Waals surface area contributed by atoms with Crippen molar-refractivity contribution in [2.75, 3.05) is 45.8 Å². The molecule has 1 heterocycles. The largest absolute Gasteiger partial charge is 0.493 e. The second kappa shape index (κ2) is 18.3. The second-order valence-corrected chi connectivity index (χ2v) is 11.2. The van der Waals surface area contributed by atoms with E-state index in [0.29, 0.717) is 64.2 Å². The Morgan fingerprint density at radius 2 is 1.53 bits per heavy atom. The molecule has 0 atom stereocenters. The number of anilines is 2. The maximum Gasteiger partial charge on any atom is 0.328 e. The number of carbonyl (C=O) groups is 1. The van der Waals surface area contributed by atoms with Crippen LogP contribution in [-0.4, -0.2) is 66.4 Å². The number of nitrogens with one attached hydrogen (secondary N) is 1. The Kier molecular flexibility index (Phi) is 13.7. The van der Waals surface area contributed by atoms with Gasteiger partial charge in [0, 0.05) is 35.7 Å². The van der Waals surface area contributed by atoms with Gasteiger partial charge in [0.15, 0.2) is 23.0 Å². The molecule has 4 aromatic rings. The predicted octanol–water partition coefficient (Wildman–Crippen LogP) is 7.74. The molecule has 10 heteroatoms. The Bertz CT molecular complexity index is 1600. The number of unbranched alkanes of at least 4 members (excludes halogenated alkanes) is 2. The summed E-state index contributed by atoms with van der Waals surface area (Å²) >= 11 is 0. The van der Waals surface area contributed by atoms with Crippen LogP contribution >= 0.6 is 0 Å². The lowest BCUT2D eigenvalue weighted by atomic mass is 10.1. The highest BCUT2D eigenvalue weighted by atomic mass is 16.5. The number of hydrogen-bond donors (Lipinski definition) is 2. The minimum Gasteiger partial charge on any atom is -0.493 e. The minimum absolute atomic E-state index is 0.326. The maximum atomic E-state index is 11.4. The maximum absolute atomic E-state index is 11.4. The molecule has 0 bridgehead atoms. The van der Waals surface area contributed by atoms with Crippen molar-refractivity contribution in [3.05, 3.63) is 78.1 Å². The number of ether oxygens (including phenoxy) is 4. The first-order valence-corrected chi connectivity index (χ1v) is 16.2. The lowest BCUT2D eigenvalue weighted by molar-refractivity contribution is -0.131. The monoisotopic (exact) mass is 642 g/mol. The third kappa shape index (κ3) is 10.3. The summed E-state index contributed by atoms with van der Waals surface area (Å²) in [5.74, 6) is 1.58. The molecule has 0 amide bonds. The smallest absolute Gasteiger partial charge is 0.328 e. The summed E-state index contributed by atoms with van der Waals surface area (Å²) in [5.41, 5.74) is 2.80. The van der Waals surface area contributed by atoms with Crippen LogP contribution in [0.2, 0.25) is 0 Å². The number of hydrogen-bond acceptors (Lipinski definition) is 9. The molecule has 4 rings (SSSR count). The van der Waals surface area contributed by atoms with Crippen LogP contribution in [0.3, 0.4) is 0 Å². The third-order valence-electron chi connectivity index (χ3n) is 7.68. The number of aromatic nitrogens is 2. The molecule has 250 valence electrons. The highest BCUT2D eigenvalue weighted by molar-refractivity contribution is 5.94. The van der Waals surface area contributed by atoms with E-state index in [0.717, 1.165) is 37.7 Å². The zero-order chi connectivity index (χ0) is 33.4. The van der Waals surface area contributed by atoms with Gasteiger partial charge in [0.2, 0.25) is 0 Å². The van der Waals surface area contributed by atoms with Crippen LogP contribution in [0.25, 0.3) is 17.0 Å². The first-order valence-electron chi connectivity index (χ1n) is 16.2. The van der Waals surface area contributed by atoms with Gasteiger partial charge in [0.1, 0.15) is 18.8 Å². The fourth-order valence-corrected chi connectivity index (χ4v) is 5.12. The predicted molar refractivity (Wildman–Crippen MR) is 186 cm³/mol. The molecule has 2 N–H and O–H groups in total. The lowest BCUT2D eigenvalue weighted by Crippen LogP contribution is -2.28. The van der Waals surface area contributed by atoms with E-state index in [1.807, 2.05) is 42.5 Å². The molecular formula is C37H46N4O6. The molecule has 0 fully saturated rings. The molecule has 1 aromatic heterocycles. The molecule has 0 unspecified atom stereocenters. The number of carboxylic acids is 1. The number of nitrogens with zero attached hydrogens (tertiary/aromatic N) is 3. The van der Waals surface area contributed by atoms with Crippen LogP contribution in [0.15, 0.2) is 67.0 Å².